The van der Waals surface area contributed by atoms with E-state index in [0.29, 0.717) is 0 Å². The maximum atomic E-state index is 11.4. The van der Waals surface area contributed by atoms with Crippen molar-refractivity contribution in [2.45, 2.75) is 25.4 Å². The average molecular weight is 181 g/mol. The molecule has 0 aliphatic carbocycles. The lowest BCUT2D eigenvalue weighted by atomic mass is 9.86. The second-order valence-corrected chi connectivity index (χ2v) is 3.79. The van der Waals surface area contributed by atoms with Crippen LogP contribution in [0.1, 0.15) is 19.8 Å². The Morgan fingerprint density at radius 1 is 1.62 bits per heavy atom. The second-order valence-electron chi connectivity index (χ2n) is 3.79. The van der Waals surface area contributed by atoms with Crippen LogP contribution in [0.25, 0.3) is 0 Å². The Hall–Kier alpha value is -0.830. The highest BCUT2D eigenvalue weighted by molar-refractivity contribution is 5.88. The zero-order valence-corrected chi connectivity index (χ0v) is 7.95. The molecular weight excluding hydrogens is 166 g/mol. The van der Waals surface area contributed by atoms with Crippen LogP contribution in [0.5, 0.6) is 0 Å². The number of ether oxygens (including phenoxy) is 1. The molecule has 2 fully saturated rings. The predicted molar refractivity (Wildman–Crippen MR) is 49.3 cm³/mol. The van der Waals surface area contributed by atoms with Crippen molar-refractivity contribution in [3.8, 4) is 0 Å². The number of nitrogens with zero attached hydrogens (tertiary/aromatic N) is 1. The molecule has 0 unspecified atom stereocenters. The number of carbonyl (C=O) groups is 1. The summed E-state index contributed by atoms with van der Waals surface area (Å²) < 4.78 is 5.42. The van der Waals surface area contributed by atoms with Crippen LogP contribution < -0.4 is 0 Å². The topological polar surface area (TPSA) is 29.5 Å². The van der Waals surface area contributed by atoms with E-state index in [1.165, 1.54) is 0 Å². The highest BCUT2D eigenvalue weighted by atomic mass is 16.5. The minimum atomic E-state index is 0.0652. The number of carbonyl (C=O) groups excluding carboxylic acids is 1. The first-order valence-electron chi connectivity index (χ1n) is 4.85. The summed E-state index contributed by atoms with van der Waals surface area (Å²) in [5, 5.41) is 0. The fraction of sp³-hybridized carbons (Fsp3) is 0.700. The van der Waals surface area contributed by atoms with Gasteiger partial charge in [0.05, 0.1) is 19.7 Å². The minimum Gasteiger partial charge on any atom is -0.371 e. The Labute approximate surface area is 78.4 Å². The van der Waals surface area contributed by atoms with Crippen LogP contribution in [0.3, 0.4) is 0 Å². The van der Waals surface area contributed by atoms with Crippen LogP contribution in [0, 0.1) is 0 Å². The SMILES string of the molecule is CC/C=C/C(=O)N1CC2(CCO2)C1. The van der Waals surface area contributed by atoms with E-state index in [2.05, 4.69) is 0 Å². The van der Waals surface area contributed by atoms with E-state index < -0.39 is 0 Å². The second kappa shape index (κ2) is 3.14. The van der Waals surface area contributed by atoms with Gasteiger partial charge in [-0.15, -0.1) is 0 Å². The van der Waals surface area contributed by atoms with Crippen LogP contribution in [0.15, 0.2) is 12.2 Å². The average Bonchev–Trinajstić information content (AvgIpc) is 1.95. The molecule has 2 aliphatic rings. The van der Waals surface area contributed by atoms with Crippen molar-refractivity contribution in [1.82, 2.24) is 4.90 Å². The summed E-state index contributed by atoms with van der Waals surface area (Å²) in [7, 11) is 0. The standard InChI is InChI=1S/C10H15NO2/c1-2-3-4-9(12)11-7-10(8-11)5-6-13-10/h3-4H,2,5-8H2,1H3/b4-3+. The molecule has 2 saturated heterocycles. The number of rotatable bonds is 2. The summed E-state index contributed by atoms with van der Waals surface area (Å²) in [5.74, 6) is 0.128. The summed E-state index contributed by atoms with van der Waals surface area (Å²) in [5.41, 5.74) is 0.0652. The van der Waals surface area contributed by atoms with Gasteiger partial charge in [0.2, 0.25) is 5.91 Å². The van der Waals surface area contributed by atoms with Gasteiger partial charge in [-0.2, -0.15) is 0 Å². The first kappa shape index (κ1) is 8.75. The van der Waals surface area contributed by atoms with Crippen LogP contribution in [-0.4, -0.2) is 36.1 Å². The van der Waals surface area contributed by atoms with Crippen molar-refractivity contribution in [2.24, 2.45) is 0 Å². The zero-order valence-electron chi connectivity index (χ0n) is 7.95. The van der Waals surface area contributed by atoms with Gasteiger partial charge in [0.1, 0.15) is 5.60 Å². The summed E-state index contributed by atoms with van der Waals surface area (Å²) >= 11 is 0. The molecule has 2 rings (SSSR count). The lowest BCUT2D eigenvalue weighted by Crippen LogP contribution is -2.69. The molecule has 13 heavy (non-hydrogen) atoms. The molecule has 1 spiro atoms. The molecule has 0 atom stereocenters. The lowest BCUT2D eigenvalue weighted by Gasteiger charge is -2.54. The van der Waals surface area contributed by atoms with Crippen LogP contribution >= 0.6 is 0 Å². The molecule has 1 amide bonds. The number of hydrogen-bond acceptors (Lipinski definition) is 2. The Kier molecular flexibility index (Phi) is 2.12. The van der Waals surface area contributed by atoms with Crippen LogP contribution in [-0.2, 0) is 9.53 Å². The summed E-state index contributed by atoms with van der Waals surface area (Å²) in [6.07, 6.45) is 5.59. The van der Waals surface area contributed by atoms with E-state index in [4.69, 9.17) is 4.74 Å². The Morgan fingerprint density at radius 2 is 2.31 bits per heavy atom. The van der Waals surface area contributed by atoms with Gasteiger partial charge in [0.15, 0.2) is 0 Å². The van der Waals surface area contributed by atoms with E-state index in [1.54, 1.807) is 6.08 Å². The summed E-state index contributed by atoms with van der Waals surface area (Å²) in [6.45, 7) is 4.48. The highest BCUT2D eigenvalue weighted by Gasteiger charge is 2.50. The van der Waals surface area contributed by atoms with Crippen molar-refractivity contribution in [1.29, 1.82) is 0 Å². The van der Waals surface area contributed by atoms with E-state index in [0.717, 1.165) is 32.5 Å². The third kappa shape index (κ3) is 1.48. The molecule has 0 saturated carbocycles. The number of amides is 1. The molecule has 0 bridgehead atoms. The monoisotopic (exact) mass is 181 g/mol. The van der Waals surface area contributed by atoms with Crippen molar-refractivity contribution < 1.29 is 9.53 Å². The fourth-order valence-electron chi connectivity index (χ4n) is 1.77. The van der Waals surface area contributed by atoms with E-state index in [1.807, 2.05) is 17.9 Å². The van der Waals surface area contributed by atoms with Crippen molar-refractivity contribution in [3.63, 3.8) is 0 Å². The first-order valence-corrected chi connectivity index (χ1v) is 4.85. The van der Waals surface area contributed by atoms with Crippen molar-refractivity contribution in [2.75, 3.05) is 19.7 Å². The normalized spacial score (nSPS) is 24.5. The van der Waals surface area contributed by atoms with Crippen molar-refractivity contribution >= 4 is 5.91 Å². The van der Waals surface area contributed by atoms with Crippen molar-refractivity contribution in [3.05, 3.63) is 12.2 Å². The van der Waals surface area contributed by atoms with Gasteiger partial charge in [-0.05, 0) is 12.5 Å². The van der Waals surface area contributed by atoms with E-state index in [-0.39, 0.29) is 11.5 Å². The Bertz CT molecular complexity index is 235. The lowest BCUT2D eigenvalue weighted by molar-refractivity contribution is -0.219. The van der Waals surface area contributed by atoms with Gasteiger partial charge >= 0.3 is 0 Å². The molecule has 0 N–H and O–H groups in total. The Balaban J connectivity index is 1.79. The molecule has 0 aromatic heterocycles. The van der Waals surface area contributed by atoms with Gasteiger partial charge in [0, 0.05) is 6.42 Å². The Morgan fingerprint density at radius 3 is 2.77 bits per heavy atom. The van der Waals surface area contributed by atoms with Crippen LogP contribution in [0.4, 0.5) is 0 Å². The highest BCUT2D eigenvalue weighted by Crippen LogP contribution is 2.35. The maximum Gasteiger partial charge on any atom is 0.246 e. The zero-order chi connectivity index (χ0) is 9.31. The fourth-order valence-corrected chi connectivity index (χ4v) is 1.77. The number of hydrogen-bond donors (Lipinski definition) is 0. The molecule has 0 aromatic carbocycles. The van der Waals surface area contributed by atoms with E-state index in [9.17, 15) is 4.79 Å². The third-order valence-electron chi connectivity index (χ3n) is 2.73. The molecule has 0 aromatic rings. The molecule has 72 valence electrons. The number of likely N-dealkylation sites (tertiary alicyclic amines) is 1. The maximum absolute atomic E-state index is 11.4. The van der Waals surface area contributed by atoms with Gasteiger partial charge in [-0.1, -0.05) is 13.0 Å². The van der Waals surface area contributed by atoms with Gasteiger partial charge < -0.3 is 9.64 Å². The predicted octanol–water partition coefficient (Wildman–Crippen LogP) is 0.954. The van der Waals surface area contributed by atoms with Gasteiger partial charge in [-0.25, -0.2) is 0 Å². The smallest absolute Gasteiger partial charge is 0.246 e. The molecular formula is C10H15NO2. The third-order valence-corrected chi connectivity index (χ3v) is 2.73. The number of allylic oxidation sites excluding steroid dienone is 1. The molecule has 3 nitrogen and oxygen atoms in total. The molecule has 3 heteroatoms. The summed E-state index contributed by atoms with van der Waals surface area (Å²) in [6, 6.07) is 0. The van der Waals surface area contributed by atoms with Crippen LogP contribution in [0.2, 0.25) is 0 Å². The summed E-state index contributed by atoms with van der Waals surface area (Å²) in [4.78, 5) is 13.2. The minimum absolute atomic E-state index is 0.0652. The largest absolute Gasteiger partial charge is 0.371 e. The quantitative estimate of drug-likeness (QED) is 0.594. The molecule has 2 aliphatic heterocycles. The first-order chi connectivity index (χ1) is 6.26. The van der Waals surface area contributed by atoms with Gasteiger partial charge in [0.25, 0.3) is 0 Å². The molecule has 2 heterocycles. The van der Waals surface area contributed by atoms with Gasteiger partial charge in [-0.3, -0.25) is 4.79 Å². The molecule has 0 radical (unpaired) electrons. The van der Waals surface area contributed by atoms with E-state index >= 15 is 0 Å².